The number of hydrogen-bond donors (Lipinski definition) is 0. The van der Waals surface area contributed by atoms with Crippen LogP contribution in [0.3, 0.4) is 0 Å². The van der Waals surface area contributed by atoms with E-state index in [-0.39, 0.29) is 5.41 Å². The van der Waals surface area contributed by atoms with E-state index in [4.69, 9.17) is 23.2 Å². The standard InChI is InChI=1S/C16H14Br2Cl2/c17-10-16(11-18,12-5-2-1-3-6-12)9-13-14(19)7-4-8-15(13)20/h1-8H,9-11H2. The Bertz CT molecular complexity index is 546. The predicted octanol–water partition coefficient (Wildman–Crippen LogP) is 6.26. The molecule has 0 aliphatic rings. The van der Waals surface area contributed by atoms with Gasteiger partial charge in [0.1, 0.15) is 0 Å². The van der Waals surface area contributed by atoms with E-state index in [1.165, 1.54) is 5.56 Å². The van der Waals surface area contributed by atoms with Crippen LogP contribution in [0.15, 0.2) is 48.5 Å². The average molecular weight is 437 g/mol. The second-order valence-corrected chi connectivity index (χ2v) is 6.73. The van der Waals surface area contributed by atoms with Crippen molar-refractivity contribution in [3.8, 4) is 0 Å². The lowest BCUT2D eigenvalue weighted by Crippen LogP contribution is -2.33. The molecule has 0 saturated carbocycles. The summed E-state index contributed by atoms with van der Waals surface area (Å²) in [6.45, 7) is 0. The molecular formula is C16H14Br2Cl2. The quantitative estimate of drug-likeness (QED) is 0.485. The molecular weight excluding hydrogens is 423 g/mol. The number of halogens is 4. The number of benzene rings is 2. The number of alkyl halides is 2. The van der Waals surface area contributed by atoms with Crippen molar-refractivity contribution < 1.29 is 0 Å². The van der Waals surface area contributed by atoms with Gasteiger partial charge in [0.25, 0.3) is 0 Å². The summed E-state index contributed by atoms with van der Waals surface area (Å²) in [7, 11) is 0. The molecule has 0 heterocycles. The fourth-order valence-electron chi connectivity index (χ4n) is 2.22. The molecule has 20 heavy (non-hydrogen) atoms. The van der Waals surface area contributed by atoms with Gasteiger partial charge in [-0.2, -0.15) is 0 Å². The van der Waals surface area contributed by atoms with E-state index in [1.54, 1.807) is 0 Å². The third-order valence-electron chi connectivity index (χ3n) is 3.47. The molecule has 0 amide bonds. The molecule has 0 radical (unpaired) electrons. The van der Waals surface area contributed by atoms with Crippen molar-refractivity contribution in [2.75, 3.05) is 10.7 Å². The fourth-order valence-corrected chi connectivity index (χ4v) is 4.72. The largest absolute Gasteiger partial charge is 0.0918 e. The lowest BCUT2D eigenvalue weighted by atomic mass is 9.79. The second-order valence-electron chi connectivity index (χ2n) is 4.79. The third-order valence-corrected chi connectivity index (χ3v) is 6.33. The predicted molar refractivity (Wildman–Crippen MR) is 95.9 cm³/mol. The van der Waals surface area contributed by atoms with E-state index in [9.17, 15) is 0 Å². The van der Waals surface area contributed by atoms with Crippen LogP contribution in [-0.4, -0.2) is 10.7 Å². The number of rotatable bonds is 5. The Balaban J connectivity index is 2.45. The monoisotopic (exact) mass is 434 g/mol. The summed E-state index contributed by atoms with van der Waals surface area (Å²) in [5.41, 5.74) is 2.19. The molecule has 2 rings (SSSR count). The molecule has 0 unspecified atom stereocenters. The van der Waals surface area contributed by atoms with E-state index >= 15 is 0 Å². The average Bonchev–Trinajstić information content (AvgIpc) is 2.49. The third kappa shape index (κ3) is 3.41. The molecule has 0 nitrogen and oxygen atoms in total. The highest BCUT2D eigenvalue weighted by molar-refractivity contribution is 9.09. The zero-order chi connectivity index (χ0) is 14.6. The maximum absolute atomic E-state index is 6.32. The Kier molecular flexibility index (Phi) is 5.97. The maximum Gasteiger partial charge on any atom is 0.0453 e. The SMILES string of the molecule is Clc1cccc(Cl)c1CC(CBr)(CBr)c1ccccc1. The zero-order valence-electron chi connectivity index (χ0n) is 10.8. The highest BCUT2D eigenvalue weighted by Gasteiger charge is 2.31. The van der Waals surface area contributed by atoms with Crippen LogP contribution in [0.5, 0.6) is 0 Å². The van der Waals surface area contributed by atoms with Gasteiger partial charge in [0.15, 0.2) is 0 Å². The lowest BCUT2D eigenvalue weighted by molar-refractivity contribution is 0.551. The van der Waals surface area contributed by atoms with Crippen molar-refractivity contribution in [2.45, 2.75) is 11.8 Å². The first-order chi connectivity index (χ1) is 9.63. The van der Waals surface area contributed by atoms with Crippen LogP contribution in [0.4, 0.5) is 0 Å². The smallest absolute Gasteiger partial charge is 0.0453 e. The van der Waals surface area contributed by atoms with E-state index in [2.05, 4.69) is 56.1 Å². The van der Waals surface area contributed by atoms with Crippen LogP contribution < -0.4 is 0 Å². The Morgan fingerprint density at radius 3 is 1.85 bits per heavy atom. The van der Waals surface area contributed by atoms with Gasteiger partial charge in [-0.3, -0.25) is 0 Å². The summed E-state index contributed by atoms with van der Waals surface area (Å²) >= 11 is 20.0. The van der Waals surface area contributed by atoms with Gasteiger partial charge >= 0.3 is 0 Å². The van der Waals surface area contributed by atoms with Crippen LogP contribution in [0.2, 0.25) is 10.0 Å². The summed E-state index contributed by atoms with van der Waals surface area (Å²) in [5.74, 6) is 0. The summed E-state index contributed by atoms with van der Waals surface area (Å²) in [4.78, 5) is 0. The van der Waals surface area contributed by atoms with E-state index < -0.39 is 0 Å². The van der Waals surface area contributed by atoms with Gasteiger partial charge in [-0.25, -0.2) is 0 Å². The van der Waals surface area contributed by atoms with E-state index in [0.717, 1.165) is 32.7 Å². The molecule has 0 fully saturated rings. The summed E-state index contributed by atoms with van der Waals surface area (Å²) in [6, 6.07) is 16.1. The van der Waals surface area contributed by atoms with E-state index in [0.29, 0.717) is 0 Å². The van der Waals surface area contributed by atoms with Crippen molar-refractivity contribution in [2.24, 2.45) is 0 Å². The Morgan fingerprint density at radius 1 is 0.800 bits per heavy atom. The lowest BCUT2D eigenvalue weighted by Gasteiger charge is -2.31. The van der Waals surface area contributed by atoms with Crippen molar-refractivity contribution in [1.29, 1.82) is 0 Å². The molecule has 0 aromatic heterocycles. The van der Waals surface area contributed by atoms with Crippen molar-refractivity contribution >= 4 is 55.1 Å². The molecule has 4 heteroatoms. The molecule has 0 atom stereocenters. The molecule has 0 aliphatic heterocycles. The molecule has 0 saturated heterocycles. The van der Waals surface area contributed by atoms with Crippen molar-refractivity contribution in [3.63, 3.8) is 0 Å². The minimum absolute atomic E-state index is 0.0735. The van der Waals surface area contributed by atoms with Gasteiger partial charge in [0.2, 0.25) is 0 Å². The fraction of sp³-hybridized carbons (Fsp3) is 0.250. The Hall–Kier alpha value is -0.0200. The van der Waals surface area contributed by atoms with Crippen LogP contribution in [0.25, 0.3) is 0 Å². The van der Waals surface area contributed by atoms with Gasteiger partial charge < -0.3 is 0 Å². The van der Waals surface area contributed by atoms with Crippen LogP contribution in [0, 0.1) is 0 Å². The van der Waals surface area contributed by atoms with Crippen molar-refractivity contribution in [1.82, 2.24) is 0 Å². The molecule has 0 bridgehead atoms. The number of hydrogen-bond acceptors (Lipinski definition) is 0. The van der Waals surface area contributed by atoms with Gasteiger partial charge in [-0.05, 0) is 29.7 Å². The normalized spacial score (nSPS) is 11.6. The summed E-state index contributed by atoms with van der Waals surface area (Å²) in [5, 5.41) is 3.10. The summed E-state index contributed by atoms with van der Waals surface area (Å²) < 4.78 is 0. The Morgan fingerprint density at radius 2 is 1.35 bits per heavy atom. The molecule has 0 spiro atoms. The minimum Gasteiger partial charge on any atom is -0.0918 e. The molecule has 2 aromatic carbocycles. The molecule has 0 aliphatic carbocycles. The minimum atomic E-state index is -0.0735. The van der Waals surface area contributed by atoms with Gasteiger partial charge in [-0.1, -0.05) is 91.5 Å². The maximum atomic E-state index is 6.32. The zero-order valence-corrected chi connectivity index (χ0v) is 15.4. The first kappa shape index (κ1) is 16.4. The Labute approximate surface area is 146 Å². The van der Waals surface area contributed by atoms with Gasteiger partial charge in [0, 0.05) is 26.1 Å². The molecule has 106 valence electrons. The second kappa shape index (κ2) is 7.31. The molecule has 2 aromatic rings. The van der Waals surface area contributed by atoms with Gasteiger partial charge in [0.05, 0.1) is 0 Å². The highest BCUT2D eigenvalue weighted by atomic mass is 79.9. The summed E-state index contributed by atoms with van der Waals surface area (Å²) in [6.07, 6.45) is 0.784. The topological polar surface area (TPSA) is 0 Å². The van der Waals surface area contributed by atoms with Crippen molar-refractivity contribution in [3.05, 3.63) is 69.7 Å². The van der Waals surface area contributed by atoms with Crippen LogP contribution in [0.1, 0.15) is 11.1 Å². The van der Waals surface area contributed by atoms with Crippen LogP contribution >= 0.6 is 55.1 Å². The highest BCUT2D eigenvalue weighted by Crippen LogP contribution is 2.37. The molecule has 0 N–H and O–H groups in total. The van der Waals surface area contributed by atoms with Gasteiger partial charge in [-0.15, -0.1) is 0 Å². The first-order valence-electron chi connectivity index (χ1n) is 6.23. The van der Waals surface area contributed by atoms with E-state index in [1.807, 2.05) is 24.3 Å². The van der Waals surface area contributed by atoms with Crippen LogP contribution in [-0.2, 0) is 11.8 Å². The first-order valence-corrected chi connectivity index (χ1v) is 9.23.